The number of nitrogens with two attached hydrogens (primary N) is 1. The van der Waals surface area contributed by atoms with Gasteiger partial charge < -0.3 is 24.7 Å². The van der Waals surface area contributed by atoms with Crippen LogP contribution in [0.5, 0.6) is 17.2 Å². The summed E-state index contributed by atoms with van der Waals surface area (Å²) in [4.78, 5) is 0. The normalized spacial score (nSPS) is 12.0. The minimum Gasteiger partial charge on any atom is -0.496 e. The van der Waals surface area contributed by atoms with Crippen molar-refractivity contribution < 1.29 is 18.9 Å². The molecule has 1 unspecified atom stereocenters. The molecule has 0 saturated carbocycles. The number of ether oxygens (including phenoxy) is 4. The van der Waals surface area contributed by atoms with Gasteiger partial charge in [0.15, 0.2) is 0 Å². The van der Waals surface area contributed by atoms with Crippen LogP contribution < -0.4 is 19.9 Å². The van der Waals surface area contributed by atoms with E-state index in [-0.39, 0.29) is 6.04 Å². The molecule has 96 valence electrons. The molecule has 1 rings (SSSR count). The van der Waals surface area contributed by atoms with Gasteiger partial charge in [0.1, 0.15) is 23.9 Å². The number of methoxy groups -OCH3 is 3. The fraction of sp³-hybridized carbons (Fsp3) is 0.500. The van der Waals surface area contributed by atoms with Gasteiger partial charge in [-0.2, -0.15) is 0 Å². The topological polar surface area (TPSA) is 62.9 Å². The Morgan fingerprint density at radius 2 is 1.47 bits per heavy atom. The van der Waals surface area contributed by atoms with Gasteiger partial charge in [-0.05, 0) is 0 Å². The molecule has 5 nitrogen and oxygen atoms in total. The molecule has 0 heterocycles. The molecule has 1 aromatic rings. The first-order chi connectivity index (χ1) is 8.19. The minimum absolute atomic E-state index is 0.155. The molecule has 0 saturated heterocycles. The summed E-state index contributed by atoms with van der Waals surface area (Å²) in [5.74, 6) is 2.02. The standard InChI is InChI=1S/C12H19NO4/c1-14-7-9(13)8-17-12-5-10(15-2)4-11(6-12)16-3/h4-6,9H,7-8,13H2,1-3H3. The molecule has 0 aliphatic carbocycles. The van der Waals surface area contributed by atoms with Crippen molar-refractivity contribution in [2.45, 2.75) is 6.04 Å². The third-order valence-corrected chi connectivity index (χ3v) is 2.17. The van der Waals surface area contributed by atoms with Gasteiger partial charge in [-0.1, -0.05) is 0 Å². The fourth-order valence-corrected chi connectivity index (χ4v) is 1.33. The van der Waals surface area contributed by atoms with Gasteiger partial charge in [-0.25, -0.2) is 0 Å². The molecular formula is C12H19NO4. The Labute approximate surface area is 101 Å². The maximum Gasteiger partial charge on any atom is 0.126 e. The van der Waals surface area contributed by atoms with Gasteiger partial charge in [0.05, 0.1) is 26.9 Å². The average Bonchev–Trinajstić information content (AvgIpc) is 2.36. The Hall–Kier alpha value is -1.46. The summed E-state index contributed by atoms with van der Waals surface area (Å²) in [5.41, 5.74) is 5.76. The second-order valence-electron chi connectivity index (χ2n) is 3.57. The van der Waals surface area contributed by atoms with E-state index in [2.05, 4.69) is 0 Å². The highest BCUT2D eigenvalue weighted by Gasteiger charge is 2.06. The average molecular weight is 241 g/mol. The maximum atomic E-state index is 5.76. The summed E-state index contributed by atoms with van der Waals surface area (Å²) in [6, 6.07) is 5.18. The SMILES string of the molecule is COCC(N)COc1cc(OC)cc(OC)c1. The molecular weight excluding hydrogens is 222 g/mol. The summed E-state index contributed by atoms with van der Waals surface area (Å²) < 4.78 is 20.7. The Kier molecular flexibility index (Phi) is 5.59. The van der Waals surface area contributed by atoms with Crippen LogP contribution in [0.25, 0.3) is 0 Å². The monoisotopic (exact) mass is 241 g/mol. The highest BCUT2D eigenvalue weighted by molar-refractivity contribution is 5.41. The summed E-state index contributed by atoms with van der Waals surface area (Å²) >= 11 is 0. The van der Waals surface area contributed by atoms with Crippen molar-refractivity contribution in [2.24, 2.45) is 5.73 Å². The van der Waals surface area contributed by atoms with Crippen molar-refractivity contribution in [1.29, 1.82) is 0 Å². The van der Waals surface area contributed by atoms with Crippen molar-refractivity contribution >= 4 is 0 Å². The van der Waals surface area contributed by atoms with Crippen LogP contribution >= 0.6 is 0 Å². The molecule has 0 fully saturated rings. The van der Waals surface area contributed by atoms with E-state index >= 15 is 0 Å². The Morgan fingerprint density at radius 3 is 1.94 bits per heavy atom. The van der Waals surface area contributed by atoms with Gasteiger partial charge in [0.2, 0.25) is 0 Å². The van der Waals surface area contributed by atoms with E-state index < -0.39 is 0 Å². The zero-order chi connectivity index (χ0) is 12.7. The van der Waals surface area contributed by atoms with E-state index in [0.717, 1.165) is 0 Å². The quantitative estimate of drug-likeness (QED) is 0.773. The zero-order valence-electron chi connectivity index (χ0n) is 10.4. The number of hydrogen-bond acceptors (Lipinski definition) is 5. The van der Waals surface area contributed by atoms with Crippen molar-refractivity contribution in [3.63, 3.8) is 0 Å². The van der Waals surface area contributed by atoms with Gasteiger partial charge in [0.25, 0.3) is 0 Å². The predicted molar refractivity (Wildman–Crippen MR) is 64.9 cm³/mol. The van der Waals surface area contributed by atoms with E-state index in [4.69, 9.17) is 24.7 Å². The van der Waals surface area contributed by atoms with E-state index in [1.54, 1.807) is 39.5 Å². The van der Waals surface area contributed by atoms with Crippen LogP contribution in [-0.4, -0.2) is 40.6 Å². The summed E-state index contributed by atoms with van der Waals surface area (Å²) in [6.07, 6.45) is 0. The lowest BCUT2D eigenvalue weighted by molar-refractivity contribution is 0.152. The fourth-order valence-electron chi connectivity index (χ4n) is 1.33. The molecule has 0 radical (unpaired) electrons. The van der Waals surface area contributed by atoms with E-state index in [0.29, 0.717) is 30.5 Å². The molecule has 0 aliphatic rings. The van der Waals surface area contributed by atoms with Crippen LogP contribution in [0.3, 0.4) is 0 Å². The first-order valence-electron chi connectivity index (χ1n) is 5.30. The molecule has 0 aliphatic heterocycles. The predicted octanol–water partition coefficient (Wildman–Crippen LogP) is 1.06. The number of hydrogen-bond donors (Lipinski definition) is 1. The van der Waals surface area contributed by atoms with Gasteiger partial charge in [0, 0.05) is 25.3 Å². The van der Waals surface area contributed by atoms with Crippen molar-refractivity contribution in [2.75, 3.05) is 34.5 Å². The van der Waals surface area contributed by atoms with Gasteiger partial charge in [-0.15, -0.1) is 0 Å². The summed E-state index contributed by atoms with van der Waals surface area (Å²) in [7, 11) is 4.79. The molecule has 5 heteroatoms. The molecule has 0 bridgehead atoms. The Bertz CT molecular complexity index is 321. The van der Waals surface area contributed by atoms with Crippen LogP contribution in [0.1, 0.15) is 0 Å². The van der Waals surface area contributed by atoms with Gasteiger partial charge in [-0.3, -0.25) is 0 Å². The molecule has 1 aromatic carbocycles. The van der Waals surface area contributed by atoms with E-state index in [1.807, 2.05) is 0 Å². The molecule has 0 amide bonds. The maximum absolute atomic E-state index is 5.76. The van der Waals surface area contributed by atoms with E-state index in [9.17, 15) is 0 Å². The largest absolute Gasteiger partial charge is 0.496 e. The van der Waals surface area contributed by atoms with Crippen LogP contribution in [0, 0.1) is 0 Å². The first-order valence-corrected chi connectivity index (χ1v) is 5.30. The number of benzene rings is 1. The summed E-state index contributed by atoms with van der Waals surface area (Å²) in [6.45, 7) is 0.839. The van der Waals surface area contributed by atoms with Gasteiger partial charge >= 0.3 is 0 Å². The van der Waals surface area contributed by atoms with E-state index in [1.165, 1.54) is 0 Å². The minimum atomic E-state index is -0.155. The highest BCUT2D eigenvalue weighted by atomic mass is 16.5. The Balaban J connectivity index is 2.63. The summed E-state index contributed by atoms with van der Waals surface area (Å²) in [5, 5.41) is 0. The second-order valence-corrected chi connectivity index (χ2v) is 3.57. The molecule has 1 atom stereocenters. The smallest absolute Gasteiger partial charge is 0.126 e. The van der Waals surface area contributed by atoms with Crippen molar-refractivity contribution in [1.82, 2.24) is 0 Å². The lowest BCUT2D eigenvalue weighted by atomic mass is 10.3. The molecule has 17 heavy (non-hydrogen) atoms. The van der Waals surface area contributed by atoms with Crippen LogP contribution in [-0.2, 0) is 4.74 Å². The van der Waals surface area contributed by atoms with Crippen LogP contribution in [0.2, 0.25) is 0 Å². The third-order valence-electron chi connectivity index (χ3n) is 2.17. The zero-order valence-corrected chi connectivity index (χ0v) is 10.4. The first kappa shape index (κ1) is 13.6. The second kappa shape index (κ2) is 6.98. The van der Waals surface area contributed by atoms with Crippen LogP contribution in [0.15, 0.2) is 18.2 Å². The molecule has 2 N–H and O–H groups in total. The van der Waals surface area contributed by atoms with Crippen LogP contribution in [0.4, 0.5) is 0 Å². The van der Waals surface area contributed by atoms with Crippen molar-refractivity contribution in [3.05, 3.63) is 18.2 Å². The lowest BCUT2D eigenvalue weighted by Gasteiger charge is -2.13. The number of rotatable bonds is 7. The molecule has 0 spiro atoms. The Morgan fingerprint density at radius 1 is 0.941 bits per heavy atom. The third kappa shape index (κ3) is 4.50. The highest BCUT2D eigenvalue weighted by Crippen LogP contribution is 2.27. The van der Waals surface area contributed by atoms with Crippen molar-refractivity contribution in [3.8, 4) is 17.2 Å². The lowest BCUT2D eigenvalue weighted by Crippen LogP contribution is -2.32. The molecule has 0 aromatic heterocycles.